The highest BCUT2D eigenvalue weighted by molar-refractivity contribution is 7.68. The van der Waals surface area contributed by atoms with Gasteiger partial charge in [0.15, 0.2) is 8.15 Å². The van der Waals surface area contributed by atoms with Crippen molar-refractivity contribution >= 4 is 42.0 Å². The highest BCUT2D eigenvalue weighted by atomic mass is 35.5. The summed E-state index contributed by atoms with van der Waals surface area (Å²) in [5.41, 5.74) is 1.19. The summed E-state index contributed by atoms with van der Waals surface area (Å²) < 4.78 is 6.60. The second-order valence-electron chi connectivity index (χ2n) is 7.08. The van der Waals surface area contributed by atoms with Crippen molar-refractivity contribution in [2.45, 2.75) is 26.2 Å². The second-order valence-corrected chi connectivity index (χ2v) is 9.76. The zero-order chi connectivity index (χ0) is 18.7. The van der Waals surface area contributed by atoms with Crippen molar-refractivity contribution < 1.29 is 4.52 Å². The fraction of sp³-hybridized carbons (Fsp3) is 0.182. The van der Waals surface area contributed by atoms with Crippen LogP contribution in [0.2, 0.25) is 10.0 Å². The Morgan fingerprint density at radius 1 is 0.692 bits per heavy atom. The number of rotatable bonds is 4. The van der Waals surface area contributed by atoms with Crippen LogP contribution in [0.1, 0.15) is 26.3 Å². The third-order valence-corrected chi connectivity index (χ3v) is 6.42. The highest BCUT2D eigenvalue weighted by Crippen LogP contribution is 2.41. The van der Waals surface area contributed by atoms with Crippen molar-refractivity contribution in [1.82, 2.24) is 0 Å². The van der Waals surface area contributed by atoms with Crippen LogP contribution in [-0.2, 0) is 5.41 Å². The molecular weight excluding hydrogens is 382 g/mol. The van der Waals surface area contributed by atoms with Gasteiger partial charge in [-0.15, -0.1) is 0 Å². The van der Waals surface area contributed by atoms with Crippen molar-refractivity contribution in [3.05, 3.63) is 88.4 Å². The second kappa shape index (κ2) is 8.01. The van der Waals surface area contributed by atoms with Gasteiger partial charge >= 0.3 is 0 Å². The van der Waals surface area contributed by atoms with Crippen LogP contribution < -0.4 is 15.1 Å². The molecule has 0 amide bonds. The summed E-state index contributed by atoms with van der Waals surface area (Å²) in [5, 5.41) is 3.65. The van der Waals surface area contributed by atoms with Crippen molar-refractivity contribution in [2.24, 2.45) is 0 Å². The van der Waals surface area contributed by atoms with Gasteiger partial charge in [0.05, 0.1) is 0 Å². The SMILES string of the molecule is CC(C)(C)c1ccccc1OP(c1ccc(Cl)cc1)c1ccc(Cl)cc1. The van der Waals surface area contributed by atoms with E-state index in [1.807, 2.05) is 60.7 Å². The molecule has 0 saturated carbocycles. The molecule has 0 aliphatic heterocycles. The van der Waals surface area contributed by atoms with Crippen LogP contribution in [0.5, 0.6) is 5.75 Å². The first-order valence-corrected chi connectivity index (χ1v) is 10.4. The van der Waals surface area contributed by atoms with E-state index < -0.39 is 8.15 Å². The van der Waals surface area contributed by atoms with E-state index in [0.29, 0.717) is 0 Å². The Labute approximate surface area is 166 Å². The number of hydrogen-bond acceptors (Lipinski definition) is 1. The van der Waals surface area contributed by atoms with Crippen LogP contribution in [0.4, 0.5) is 0 Å². The molecule has 0 saturated heterocycles. The fourth-order valence-electron chi connectivity index (χ4n) is 2.67. The van der Waals surface area contributed by atoms with E-state index in [9.17, 15) is 0 Å². The monoisotopic (exact) mass is 402 g/mol. The van der Waals surface area contributed by atoms with E-state index in [2.05, 4.69) is 32.9 Å². The average molecular weight is 403 g/mol. The van der Waals surface area contributed by atoms with Gasteiger partial charge in [-0.3, -0.25) is 0 Å². The van der Waals surface area contributed by atoms with Gasteiger partial charge in [0.2, 0.25) is 0 Å². The minimum Gasteiger partial charge on any atom is -0.464 e. The largest absolute Gasteiger partial charge is 0.464 e. The van der Waals surface area contributed by atoms with E-state index in [1.165, 1.54) is 5.56 Å². The molecule has 0 spiro atoms. The van der Waals surface area contributed by atoms with Crippen molar-refractivity contribution in [1.29, 1.82) is 0 Å². The molecule has 0 N–H and O–H groups in total. The zero-order valence-corrected chi connectivity index (χ0v) is 17.4. The number of halogens is 2. The summed E-state index contributed by atoms with van der Waals surface area (Å²) in [6, 6.07) is 24.0. The van der Waals surface area contributed by atoms with Crippen LogP contribution >= 0.6 is 31.4 Å². The standard InChI is InChI=1S/C22H21Cl2OP/c1-22(2,3)20-6-4-5-7-21(20)25-26(18-12-8-16(23)9-13-18)19-14-10-17(24)11-15-19/h4-15H,1-3H3. The summed E-state index contributed by atoms with van der Waals surface area (Å²) in [5.74, 6) is 0.913. The molecule has 0 aliphatic carbocycles. The van der Waals surface area contributed by atoms with Gasteiger partial charge in [-0.05, 0) is 65.6 Å². The molecule has 134 valence electrons. The molecule has 3 aromatic rings. The topological polar surface area (TPSA) is 9.23 Å². The lowest BCUT2D eigenvalue weighted by Crippen LogP contribution is -2.18. The van der Waals surface area contributed by atoms with Gasteiger partial charge in [0, 0.05) is 20.7 Å². The molecule has 0 bridgehead atoms. The van der Waals surface area contributed by atoms with Crippen LogP contribution in [-0.4, -0.2) is 0 Å². The van der Waals surface area contributed by atoms with Crippen LogP contribution in [0.25, 0.3) is 0 Å². The van der Waals surface area contributed by atoms with E-state index in [4.69, 9.17) is 27.7 Å². The highest BCUT2D eigenvalue weighted by Gasteiger charge is 2.23. The van der Waals surface area contributed by atoms with Crippen LogP contribution in [0, 0.1) is 0 Å². The van der Waals surface area contributed by atoms with Crippen LogP contribution in [0.3, 0.4) is 0 Å². The Morgan fingerprint density at radius 2 is 1.15 bits per heavy atom. The van der Waals surface area contributed by atoms with Gasteiger partial charge in [-0.25, -0.2) is 0 Å². The quantitative estimate of drug-likeness (QED) is 0.440. The normalized spacial score (nSPS) is 11.6. The van der Waals surface area contributed by atoms with Gasteiger partial charge in [-0.2, -0.15) is 0 Å². The van der Waals surface area contributed by atoms with Crippen LogP contribution in [0.15, 0.2) is 72.8 Å². The maximum atomic E-state index is 6.60. The summed E-state index contributed by atoms with van der Waals surface area (Å²) >= 11 is 12.2. The zero-order valence-electron chi connectivity index (χ0n) is 15.0. The number of hydrogen-bond donors (Lipinski definition) is 0. The van der Waals surface area contributed by atoms with Gasteiger partial charge < -0.3 is 4.52 Å². The lowest BCUT2D eigenvalue weighted by atomic mass is 9.86. The lowest BCUT2D eigenvalue weighted by molar-refractivity contribution is 0.541. The fourth-order valence-corrected chi connectivity index (χ4v) is 4.63. The Morgan fingerprint density at radius 3 is 1.62 bits per heavy atom. The Balaban J connectivity index is 2.05. The van der Waals surface area contributed by atoms with E-state index in [-0.39, 0.29) is 5.41 Å². The van der Waals surface area contributed by atoms with E-state index in [1.54, 1.807) is 0 Å². The molecule has 0 fully saturated rings. The third-order valence-electron chi connectivity index (χ3n) is 4.01. The van der Waals surface area contributed by atoms with E-state index >= 15 is 0 Å². The number of benzene rings is 3. The first-order valence-electron chi connectivity index (χ1n) is 8.43. The van der Waals surface area contributed by atoms with Gasteiger partial charge in [0.25, 0.3) is 0 Å². The first kappa shape index (κ1) is 19.2. The Bertz CT molecular complexity index is 822. The lowest BCUT2D eigenvalue weighted by Gasteiger charge is -2.26. The summed E-state index contributed by atoms with van der Waals surface area (Å²) in [7, 11) is -1.03. The molecular formula is C22H21Cl2OP. The smallest absolute Gasteiger partial charge is 0.150 e. The minimum absolute atomic E-state index is 0.00239. The Hall–Kier alpha value is -1.53. The maximum absolute atomic E-state index is 6.60. The summed E-state index contributed by atoms with van der Waals surface area (Å²) in [6.45, 7) is 6.59. The first-order chi connectivity index (χ1) is 12.3. The van der Waals surface area contributed by atoms with Crippen molar-refractivity contribution in [3.8, 4) is 5.75 Å². The molecule has 0 aliphatic rings. The van der Waals surface area contributed by atoms with Gasteiger partial charge in [-0.1, -0.05) is 62.2 Å². The molecule has 3 rings (SSSR count). The molecule has 4 heteroatoms. The molecule has 1 nitrogen and oxygen atoms in total. The predicted molar refractivity (Wildman–Crippen MR) is 115 cm³/mol. The molecule has 26 heavy (non-hydrogen) atoms. The molecule has 0 unspecified atom stereocenters. The minimum atomic E-state index is -1.03. The molecule has 0 aromatic heterocycles. The number of para-hydroxylation sites is 1. The van der Waals surface area contributed by atoms with E-state index in [0.717, 1.165) is 26.4 Å². The summed E-state index contributed by atoms with van der Waals surface area (Å²) in [4.78, 5) is 0. The summed E-state index contributed by atoms with van der Waals surface area (Å²) in [6.07, 6.45) is 0. The Kier molecular flexibility index (Phi) is 5.92. The maximum Gasteiger partial charge on any atom is 0.150 e. The van der Waals surface area contributed by atoms with Crippen molar-refractivity contribution in [3.63, 3.8) is 0 Å². The molecule has 0 radical (unpaired) electrons. The average Bonchev–Trinajstić information content (AvgIpc) is 2.61. The molecule has 3 aromatic carbocycles. The third kappa shape index (κ3) is 4.60. The predicted octanol–water partition coefficient (Wildman–Crippen LogP) is 6.72. The van der Waals surface area contributed by atoms with Crippen molar-refractivity contribution in [2.75, 3.05) is 0 Å². The molecule has 0 atom stereocenters. The molecule has 0 heterocycles. The van der Waals surface area contributed by atoms with Gasteiger partial charge in [0.1, 0.15) is 5.75 Å².